The van der Waals surface area contributed by atoms with E-state index < -0.39 is 5.97 Å². The van der Waals surface area contributed by atoms with E-state index in [0.717, 1.165) is 52.1 Å². The maximum Gasteiger partial charge on any atom is 0.333 e. The van der Waals surface area contributed by atoms with Crippen LogP contribution in [0.4, 0.5) is 5.69 Å². The zero-order valence-corrected chi connectivity index (χ0v) is 26.9. The Bertz CT molecular complexity index is 1840. The normalized spacial score (nSPS) is 14.4. The highest BCUT2D eigenvalue weighted by molar-refractivity contribution is 5.97. The minimum Gasteiger partial charge on any atom is -0.493 e. The third-order valence-corrected chi connectivity index (χ3v) is 9.07. The van der Waals surface area contributed by atoms with Crippen LogP contribution in [-0.2, 0) is 22.6 Å². The first kappa shape index (κ1) is 31.8. The molecule has 0 aliphatic carbocycles. The van der Waals surface area contributed by atoms with Gasteiger partial charge in [-0.1, -0.05) is 42.5 Å². The molecule has 0 fully saturated rings. The molecule has 1 N–H and O–H groups in total. The van der Waals surface area contributed by atoms with E-state index in [2.05, 4.69) is 31.1 Å². The highest BCUT2D eigenvalue weighted by Crippen LogP contribution is 2.36. The highest BCUT2D eigenvalue weighted by atomic mass is 16.5. The summed E-state index contributed by atoms with van der Waals surface area (Å²) in [6.45, 7) is 6.39. The SMILES string of the molecule is Cc1cccc(OCCCC(=O)N2CCCc3c(-c4cnn(Cc5cccc(C(=O)N6CCC=C(C(=O)O)C6)c5)c4)cccc32)c1C. The van der Waals surface area contributed by atoms with Gasteiger partial charge in [0.15, 0.2) is 0 Å². The molecule has 0 bridgehead atoms. The highest BCUT2D eigenvalue weighted by Gasteiger charge is 2.25. The molecule has 9 nitrogen and oxygen atoms in total. The fraction of sp³-hybridized carbons (Fsp3) is 0.316. The van der Waals surface area contributed by atoms with Crippen molar-refractivity contribution in [1.82, 2.24) is 14.7 Å². The molecule has 9 heteroatoms. The van der Waals surface area contributed by atoms with E-state index in [4.69, 9.17) is 4.74 Å². The number of fused-ring (bicyclic) bond motifs is 1. The average molecular weight is 633 g/mol. The van der Waals surface area contributed by atoms with Gasteiger partial charge in [0.25, 0.3) is 5.91 Å². The van der Waals surface area contributed by atoms with Crippen LogP contribution in [0, 0.1) is 13.8 Å². The number of anilines is 1. The number of amides is 2. The summed E-state index contributed by atoms with van der Waals surface area (Å²) in [6, 6.07) is 19.6. The van der Waals surface area contributed by atoms with Crippen molar-refractivity contribution < 1.29 is 24.2 Å². The van der Waals surface area contributed by atoms with Gasteiger partial charge in [0.05, 0.1) is 31.5 Å². The topological polar surface area (TPSA) is 105 Å². The molecule has 3 aromatic carbocycles. The van der Waals surface area contributed by atoms with E-state index in [0.29, 0.717) is 51.1 Å². The summed E-state index contributed by atoms with van der Waals surface area (Å²) in [5, 5.41) is 14.0. The molecule has 242 valence electrons. The third kappa shape index (κ3) is 7.14. The van der Waals surface area contributed by atoms with Gasteiger partial charge in [0, 0.05) is 42.5 Å². The van der Waals surface area contributed by atoms with Crippen LogP contribution in [0.25, 0.3) is 11.1 Å². The van der Waals surface area contributed by atoms with Crippen molar-refractivity contribution in [3.05, 3.63) is 113 Å². The molecule has 6 rings (SSSR count). The van der Waals surface area contributed by atoms with Crippen molar-refractivity contribution in [2.75, 3.05) is 31.1 Å². The van der Waals surface area contributed by atoms with Crippen molar-refractivity contribution in [2.45, 2.75) is 52.5 Å². The van der Waals surface area contributed by atoms with Crippen LogP contribution in [0.2, 0.25) is 0 Å². The van der Waals surface area contributed by atoms with Gasteiger partial charge in [0.1, 0.15) is 5.75 Å². The Balaban J connectivity index is 1.10. The minimum atomic E-state index is -0.987. The number of carboxylic acids is 1. The predicted molar refractivity (Wildman–Crippen MR) is 181 cm³/mol. The van der Waals surface area contributed by atoms with Crippen LogP contribution in [0.3, 0.4) is 0 Å². The fourth-order valence-corrected chi connectivity index (χ4v) is 6.41. The first-order valence-corrected chi connectivity index (χ1v) is 16.2. The Morgan fingerprint density at radius 2 is 1.83 bits per heavy atom. The number of carboxylic acid groups (broad SMARTS) is 1. The zero-order chi connectivity index (χ0) is 32.9. The van der Waals surface area contributed by atoms with Crippen LogP contribution in [-0.4, -0.2) is 63.8 Å². The molecule has 0 atom stereocenters. The average Bonchev–Trinajstić information content (AvgIpc) is 3.55. The quantitative estimate of drug-likeness (QED) is 0.209. The Morgan fingerprint density at radius 1 is 1.00 bits per heavy atom. The van der Waals surface area contributed by atoms with Gasteiger partial charge in [-0.3, -0.25) is 14.3 Å². The van der Waals surface area contributed by atoms with E-state index in [1.165, 1.54) is 5.56 Å². The number of aromatic nitrogens is 2. The number of hydrogen-bond donors (Lipinski definition) is 1. The van der Waals surface area contributed by atoms with E-state index in [1.807, 2.05) is 64.4 Å². The molecular weight excluding hydrogens is 592 g/mol. The number of hydrogen-bond acceptors (Lipinski definition) is 5. The molecule has 2 amide bonds. The van der Waals surface area contributed by atoms with Crippen LogP contribution in [0.1, 0.15) is 58.3 Å². The monoisotopic (exact) mass is 632 g/mol. The largest absolute Gasteiger partial charge is 0.493 e. The Kier molecular flexibility index (Phi) is 9.52. The van der Waals surface area contributed by atoms with Crippen molar-refractivity contribution in [1.29, 1.82) is 0 Å². The van der Waals surface area contributed by atoms with Crippen LogP contribution in [0.5, 0.6) is 5.75 Å². The second kappa shape index (κ2) is 14.1. The smallest absolute Gasteiger partial charge is 0.333 e. The molecule has 0 unspecified atom stereocenters. The third-order valence-electron chi connectivity index (χ3n) is 9.07. The number of nitrogens with zero attached hydrogens (tertiary/aromatic N) is 4. The zero-order valence-electron chi connectivity index (χ0n) is 26.9. The fourth-order valence-electron chi connectivity index (χ4n) is 6.41. The van der Waals surface area contributed by atoms with E-state index in [1.54, 1.807) is 17.0 Å². The summed E-state index contributed by atoms with van der Waals surface area (Å²) in [7, 11) is 0. The Labute approximate surface area is 275 Å². The van der Waals surface area contributed by atoms with Gasteiger partial charge in [0.2, 0.25) is 5.91 Å². The maximum atomic E-state index is 13.4. The number of carbonyl (C=O) groups excluding carboxylic acids is 2. The lowest BCUT2D eigenvalue weighted by molar-refractivity contribution is -0.133. The number of carbonyl (C=O) groups is 3. The van der Waals surface area contributed by atoms with Crippen molar-refractivity contribution in [3.8, 4) is 16.9 Å². The van der Waals surface area contributed by atoms with Gasteiger partial charge < -0.3 is 19.6 Å². The number of benzene rings is 3. The molecule has 0 radical (unpaired) electrons. The van der Waals surface area contributed by atoms with Crippen molar-refractivity contribution in [2.24, 2.45) is 0 Å². The molecule has 2 aliphatic rings. The molecule has 47 heavy (non-hydrogen) atoms. The second-order valence-corrected chi connectivity index (χ2v) is 12.3. The number of ether oxygens (including phenoxy) is 1. The van der Waals surface area contributed by atoms with Gasteiger partial charge >= 0.3 is 5.97 Å². The van der Waals surface area contributed by atoms with Crippen LogP contribution in [0.15, 0.2) is 84.7 Å². The summed E-state index contributed by atoms with van der Waals surface area (Å²) in [4.78, 5) is 41.5. The minimum absolute atomic E-state index is 0.105. The number of aliphatic carboxylic acids is 1. The van der Waals surface area contributed by atoms with E-state index in [9.17, 15) is 19.5 Å². The van der Waals surface area contributed by atoms with Crippen molar-refractivity contribution >= 4 is 23.5 Å². The van der Waals surface area contributed by atoms with Gasteiger partial charge in [-0.15, -0.1) is 0 Å². The molecule has 0 saturated carbocycles. The lowest BCUT2D eigenvalue weighted by atomic mass is 9.93. The molecule has 0 spiro atoms. The summed E-state index contributed by atoms with van der Waals surface area (Å²) < 4.78 is 7.84. The predicted octanol–water partition coefficient (Wildman–Crippen LogP) is 6.21. The maximum absolute atomic E-state index is 13.4. The summed E-state index contributed by atoms with van der Waals surface area (Å²) in [5.74, 6) is -0.181. The second-order valence-electron chi connectivity index (χ2n) is 12.3. The van der Waals surface area contributed by atoms with Gasteiger partial charge in [-0.2, -0.15) is 5.10 Å². The number of aryl methyl sites for hydroxylation is 1. The summed E-state index contributed by atoms with van der Waals surface area (Å²) >= 11 is 0. The Hall–Kier alpha value is -5.18. The molecule has 0 saturated heterocycles. The van der Waals surface area contributed by atoms with Gasteiger partial charge in [-0.05, 0) is 91.6 Å². The molecular formula is C38H40N4O5. The van der Waals surface area contributed by atoms with Crippen LogP contribution < -0.4 is 9.64 Å². The lowest BCUT2D eigenvalue weighted by Crippen LogP contribution is -2.37. The van der Waals surface area contributed by atoms with E-state index >= 15 is 0 Å². The number of rotatable bonds is 10. The summed E-state index contributed by atoms with van der Waals surface area (Å²) in [5.41, 5.74) is 8.19. The molecule has 2 aliphatic heterocycles. The van der Waals surface area contributed by atoms with Crippen LogP contribution >= 0.6 is 0 Å². The van der Waals surface area contributed by atoms with Gasteiger partial charge in [-0.25, -0.2) is 4.79 Å². The van der Waals surface area contributed by atoms with E-state index in [-0.39, 0.29) is 23.9 Å². The lowest BCUT2D eigenvalue weighted by Gasteiger charge is -2.31. The first-order valence-electron chi connectivity index (χ1n) is 16.2. The van der Waals surface area contributed by atoms with Crippen molar-refractivity contribution in [3.63, 3.8) is 0 Å². The standard InChI is InChI=1S/C38H40N4O5/c1-26-9-3-16-35(27(26)2)47-20-8-17-36(43)42-19-7-14-33-32(13-5-15-34(33)42)31-22-39-41(25-31)23-28-10-4-11-29(21-28)37(44)40-18-6-12-30(24-40)38(45)46/h3-5,9-13,15-16,21-22,25H,6-8,14,17-20,23-24H2,1-2H3,(H,45,46). The molecule has 4 aromatic rings. The Morgan fingerprint density at radius 3 is 2.68 bits per heavy atom. The first-order chi connectivity index (χ1) is 22.8. The molecule has 3 heterocycles. The molecule has 1 aromatic heterocycles. The summed E-state index contributed by atoms with van der Waals surface area (Å²) in [6.07, 6.45) is 8.91.